The van der Waals surface area contributed by atoms with Gasteiger partial charge in [-0.2, -0.15) is 0 Å². The Morgan fingerprint density at radius 3 is 1.70 bits per heavy atom. The maximum Gasteiger partial charge on any atom is 0.135 e. The minimum Gasteiger partial charge on any atom is -0.456 e. The number of hydrogen-bond acceptors (Lipinski definition) is 1. The molecule has 0 saturated carbocycles. The molecule has 1 aliphatic rings. The molecule has 0 bridgehead atoms. The van der Waals surface area contributed by atoms with E-state index in [0.29, 0.717) is 0 Å². The first kappa shape index (κ1) is 26.5. The third-order valence-corrected chi connectivity index (χ3v) is 8.11. The highest BCUT2D eigenvalue weighted by molar-refractivity contribution is 6.03. The van der Waals surface area contributed by atoms with Gasteiger partial charge in [0.2, 0.25) is 0 Å². The van der Waals surface area contributed by atoms with E-state index in [2.05, 4.69) is 164 Å². The van der Waals surface area contributed by atoms with E-state index in [4.69, 9.17) is 4.42 Å². The Bertz CT molecular complexity index is 2160. The molecule has 0 spiro atoms. The van der Waals surface area contributed by atoms with Crippen molar-refractivity contribution in [2.24, 2.45) is 0 Å². The van der Waals surface area contributed by atoms with Crippen molar-refractivity contribution in [3.63, 3.8) is 0 Å². The fraction of sp³-hybridized carbons (Fsp3) is 0.0476. The van der Waals surface area contributed by atoms with Gasteiger partial charge in [0, 0.05) is 16.5 Å². The number of rotatable bonds is 3. The van der Waals surface area contributed by atoms with Crippen LogP contribution in [0.5, 0.6) is 0 Å². The molecule has 1 unspecified atom stereocenters. The zero-order chi connectivity index (χ0) is 28.8. The van der Waals surface area contributed by atoms with Gasteiger partial charge in [-0.25, -0.2) is 0 Å². The van der Waals surface area contributed by atoms with Crippen LogP contribution in [0.15, 0.2) is 168 Å². The molecule has 1 heterocycles. The number of furan rings is 1. The highest BCUT2D eigenvalue weighted by Gasteiger charge is 2.15. The second-order valence-electron chi connectivity index (χ2n) is 10.8. The van der Waals surface area contributed by atoms with Crippen molar-refractivity contribution < 1.29 is 4.42 Å². The monoisotopic (exact) mass is 552 g/mol. The van der Waals surface area contributed by atoms with Crippen molar-refractivity contribution in [2.45, 2.75) is 12.3 Å². The van der Waals surface area contributed by atoms with Gasteiger partial charge in [-0.1, -0.05) is 164 Å². The molecule has 5 aromatic carbocycles. The normalized spacial score (nSPS) is 13.6. The summed E-state index contributed by atoms with van der Waals surface area (Å²) in [6.45, 7) is 0. The molecule has 43 heavy (non-hydrogen) atoms. The summed E-state index contributed by atoms with van der Waals surface area (Å²) < 4.78 is 6.25. The lowest BCUT2D eigenvalue weighted by atomic mass is 9.89. The van der Waals surface area contributed by atoms with Crippen molar-refractivity contribution in [1.29, 1.82) is 0 Å². The molecule has 0 N–H and O–H groups in total. The second kappa shape index (κ2) is 12.2. The van der Waals surface area contributed by atoms with Gasteiger partial charge in [-0.05, 0) is 57.2 Å². The van der Waals surface area contributed by atoms with Crippen molar-refractivity contribution >= 4 is 33.9 Å². The standard InChI is InChI=1S/C42H32O/c1-2-4-8-17-31(18-9-5-3-1)35-21-10-6-7-11-22-36(38-24-13-12-23-37(35)38)34-20-16-19-32(29-34)33-27-28-40-39-25-14-15-26-41(39)43-42(40)30-33/h1-26,28-30,33H,27H2. The lowest BCUT2D eigenvalue weighted by Crippen LogP contribution is -2.24. The summed E-state index contributed by atoms with van der Waals surface area (Å²) in [5, 5.41) is 4.81. The zero-order valence-corrected chi connectivity index (χ0v) is 23.9. The van der Waals surface area contributed by atoms with Crippen LogP contribution in [0, 0.1) is 0 Å². The molecule has 1 aromatic heterocycles. The lowest BCUT2D eigenvalue weighted by Gasteiger charge is -2.15. The number of benzene rings is 3. The summed E-state index contributed by atoms with van der Waals surface area (Å²) in [5.74, 6) is 0.254. The Morgan fingerprint density at radius 2 is 1.00 bits per heavy atom. The minimum atomic E-state index is 0.254. The van der Waals surface area contributed by atoms with E-state index in [9.17, 15) is 0 Å². The molecular formula is C42H32O. The first-order valence-electron chi connectivity index (χ1n) is 14.9. The second-order valence-corrected chi connectivity index (χ2v) is 10.8. The lowest BCUT2D eigenvalue weighted by molar-refractivity contribution is 0.569. The van der Waals surface area contributed by atoms with Gasteiger partial charge in [0.1, 0.15) is 11.0 Å². The van der Waals surface area contributed by atoms with Crippen LogP contribution in [0.25, 0.3) is 56.1 Å². The Hall–Kier alpha value is -5.40. The molecule has 0 amide bonds. The Morgan fingerprint density at radius 1 is 0.465 bits per heavy atom. The van der Waals surface area contributed by atoms with Gasteiger partial charge < -0.3 is 4.42 Å². The zero-order valence-electron chi connectivity index (χ0n) is 23.9. The van der Waals surface area contributed by atoms with Crippen LogP contribution in [0.2, 0.25) is 0 Å². The van der Waals surface area contributed by atoms with Crippen molar-refractivity contribution in [3.05, 3.63) is 180 Å². The third-order valence-electron chi connectivity index (χ3n) is 8.11. The average Bonchev–Trinajstić information content (AvgIpc) is 3.43. The smallest absolute Gasteiger partial charge is 0.135 e. The molecule has 206 valence electrons. The molecule has 1 nitrogen and oxygen atoms in total. The molecule has 1 aliphatic carbocycles. The molecular weight excluding hydrogens is 520 g/mol. The quantitative estimate of drug-likeness (QED) is 0.213. The van der Waals surface area contributed by atoms with Gasteiger partial charge >= 0.3 is 0 Å². The van der Waals surface area contributed by atoms with Crippen LogP contribution in [0.4, 0.5) is 0 Å². The summed E-state index contributed by atoms with van der Waals surface area (Å²) >= 11 is 0. The van der Waals surface area contributed by atoms with Crippen LogP contribution in [0.3, 0.4) is 0 Å². The van der Waals surface area contributed by atoms with Crippen molar-refractivity contribution in [1.82, 2.24) is 0 Å². The van der Waals surface area contributed by atoms with Gasteiger partial charge in [0.25, 0.3) is 0 Å². The Balaban J connectivity index is 1.41. The number of fused-ring (bicyclic) bond motifs is 4. The van der Waals surface area contributed by atoms with E-state index in [1.54, 1.807) is 0 Å². The average molecular weight is 553 g/mol. The van der Waals surface area contributed by atoms with E-state index in [1.807, 2.05) is 12.1 Å². The molecule has 1 atom stereocenters. The van der Waals surface area contributed by atoms with Crippen LogP contribution < -0.4 is 10.6 Å². The topological polar surface area (TPSA) is 13.1 Å². The van der Waals surface area contributed by atoms with Gasteiger partial charge in [-0.3, -0.25) is 0 Å². The summed E-state index contributed by atoms with van der Waals surface area (Å²) in [6, 6.07) is 57.8. The van der Waals surface area contributed by atoms with Crippen molar-refractivity contribution in [2.75, 3.05) is 0 Å². The van der Waals surface area contributed by atoms with E-state index < -0.39 is 0 Å². The first-order chi connectivity index (χ1) is 21.3. The summed E-state index contributed by atoms with van der Waals surface area (Å²) in [6.07, 6.45) is 5.58. The van der Waals surface area contributed by atoms with E-state index >= 15 is 0 Å². The molecule has 6 aromatic rings. The van der Waals surface area contributed by atoms with Crippen LogP contribution in [-0.4, -0.2) is 0 Å². The van der Waals surface area contributed by atoms with E-state index in [0.717, 1.165) is 23.0 Å². The van der Waals surface area contributed by atoms with Gasteiger partial charge in [-0.15, -0.1) is 0 Å². The van der Waals surface area contributed by atoms with E-state index in [-0.39, 0.29) is 5.92 Å². The van der Waals surface area contributed by atoms with Crippen LogP contribution in [-0.2, 0) is 0 Å². The predicted molar refractivity (Wildman–Crippen MR) is 182 cm³/mol. The molecule has 1 heteroatoms. The SMILES string of the molecule is C1=c2oc3ccccc3c2=CCC1c1cccc(-c2ccccccc(-c3ccccccccc3)c3ccccc23)c1. The molecule has 0 fully saturated rings. The highest BCUT2D eigenvalue weighted by atomic mass is 16.3. The summed E-state index contributed by atoms with van der Waals surface area (Å²) in [4.78, 5) is 0. The fourth-order valence-corrected chi connectivity index (χ4v) is 6.03. The Kier molecular flexibility index (Phi) is 7.53. The first-order valence-corrected chi connectivity index (χ1v) is 14.9. The fourth-order valence-electron chi connectivity index (χ4n) is 6.03. The maximum absolute atomic E-state index is 6.25. The summed E-state index contributed by atoms with van der Waals surface area (Å²) in [7, 11) is 0. The largest absolute Gasteiger partial charge is 0.456 e. The maximum atomic E-state index is 6.25. The summed E-state index contributed by atoms with van der Waals surface area (Å²) in [5.41, 5.74) is 7.94. The number of hydrogen-bond donors (Lipinski definition) is 0. The highest BCUT2D eigenvalue weighted by Crippen LogP contribution is 2.34. The minimum absolute atomic E-state index is 0.254. The molecule has 0 radical (unpaired) electrons. The Labute approximate surface area is 252 Å². The van der Waals surface area contributed by atoms with Crippen molar-refractivity contribution in [3.8, 4) is 22.3 Å². The third kappa shape index (κ3) is 5.58. The predicted octanol–water partition coefficient (Wildman–Crippen LogP) is 9.92. The van der Waals surface area contributed by atoms with Crippen LogP contribution in [0.1, 0.15) is 17.9 Å². The molecule has 0 saturated heterocycles. The van der Waals surface area contributed by atoms with Gasteiger partial charge in [0.05, 0.1) is 0 Å². The van der Waals surface area contributed by atoms with Crippen LogP contribution >= 0.6 is 0 Å². The van der Waals surface area contributed by atoms with Gasteiger partial charge in [0.15, 0.2) is 0 Å². The molecule has 7 rings (SSSR count). The van der Waals surface area contributed by atoms with E-state index in [1.165, 1.54) is 43.6 Å². The molecule has 0 aliphatic heterocycles. The number of para-hydroxylation sites is 1.